The molecule has 3 N–H and O–H groups in total. The first-order valence-corrected chi connectivity index (χ1v) is 10.0. The summed E-state index contributed by atoms with van der Waals surface area (Å²) in [6, 6.07) is 5.39. The molecule has 0 bridgehead atoms. The van der Waals surface area contributed by atoms with E-state index in [1.54, 1.807) is 18.2 Å². The highest BCUT2D eigenvalue weighted by molar-refractivity contribution is 6.34. The van der Waals surface area contributed by atoms with E-state index in [9.17, 15) is 9.59 Å². The van der Waals surface area contributed by atoms with Crippen molar-refractivity contribution in [3.63, 3.8) is 0 Å². The van der Waals surface area contributed by atoms with Gasteiger partial charge in [-0.3, -0.25) is 9.59 Å². The van der Waals surface area contributed by atoms with Crippen molar-refractivity contribution in [2.45, 2.75) is 51.5 Å². The molecule has 2 amide bonds. The number of anilines is 1. The second-order valence-corrected chi connectivity index (χ2v) is 7.97. The number of nitrogens with zero attached hydrogens (tertiary/aromatic N) is 1. The third-order valence-electron chi connectivity index (χ3n) is 5.83. The summed E-state index contributed by atoms with van der Waals surface area (Å²) in [5.41, 5.74) is 6.90. The van der Waals surface area contributed by atoms with Gasteiger partial charge in [0.1, 0.15) is 0 Å². The summed E-state index contributed by atoms with van der Waals surface area (Å²) >= 11 is 6.37. The molecule has 1 aliphatic heterocycles. The lowest BCUT2D eigenvalue weighted by atomic mass is 9.95. The smallest absolute Gasteiger partial charge is 0.255 e. The van der Waals surface area contributed by atoms with Crippen molar-refractivity contribution in [1.29, 1.82) is 0 Å². The first-order chi connectivity index (χ1) is 12.5. The van der Waals surface area contributed by atoms with Gasteiger partial charge in [0.15, 0.2) is 0 Å². The summed E-state index contributed by atoms with van der Waals surface area (Å²) in [5, 5.41) is 3.32. The fourth-order valence-corrected chi connectivity index (χ4v) is 4.48. The molecule has 27 heavy (non-hydrogen) atoms. The Labute approximate surface area is 172 Å². The summed E-state index contributed by atoms with van der Waals surface area (Å²) in [5.74, 6) is 0.193. The molecule has 0 spiro atoms. The SMILES string of the molecule is CC1CCCCN1C(=O)c1ccc(NC(=O)[C@@H]2CCC[C@@H]2CN)cc1Cl.Cl. The average molecular weight is 414 g/mol. The van der Waals surface area contributed by atoms with Crippen LogP contribution < -0.4 is 11.1 Å². The molecule has 1 heterocycles. The van der Waals surface area contributed by atoms with Crippen LogP contribution in [-0.4, -0.2) is 35.8 Å². The Balaban J connectivity index is 0.00000261. The fourth-order valence-electron chi connectivity index (χ4n) is 4.22. The van der Waals surface area contributed by atoms with E-state index in [1.165, 1.54) is 0 Å². The van der Waals surface area contributed by atoms with Gasteiger partial charge >= 0.3 is 0 Å². The van der Waals surface area contributed by atoms with E-state index in [-0.39, 0.29) is 42.1 Å². The van der Waals surface area contributed by atoms with Gasteiger partial charge in [-0.1, -0.05) is 18.0 Å². The average Bonchev–Trinajstić information content (AvgIpc) is 3.10. The van der Waals surface area contributed by atoms with Crippen LogP contribution in [0.25, 0.3) is 0 Å². The molecule has 0 radical (unpaired) electrons. The van der Waals surface area contributed by atoms with Crippen LogP contribution in [0.15, 0.2) is 18.2 Å². The number of rotatable bonds is 4. The van der Waals surface area contributed by atoms with Crippen LogP contribution in [0, 0.1) is 11.8 Å². The molecule has 3 atom stereocenters. The van der Waals surface area contributed by atoms with E-state index < -0.39 is 0 Å². The molecule has 1 saturated carbocycles. The van der Waals surface area contributed by atoms with E-state index in [0.717, 1.165) is 45.1 Å². The second kappa shape index (κ2) is 9.76. The number of nitrogens with two attached hydrogens (primary N) is 1. The van der Waals surface area contributed by atoms with Gasteiger partial charge in [-0.25, -0.2) is 0 Å². The first-order valence-electron chi connectivity index (χ1n) is 9.62. The Kier molecular flexibility index (Phi) is 7.95. The number of benzene rings is 1. The Morgan fingerprint density at radius 1 is 1.22 bits per heavy atom. The van der Waals surface area contributed by atoms with Crippen molar-refractivity contribution in [2.75, 3.05) is 18.4 Å². The summed E-state index contributed by atoms with van der Waals surface area (Å²) < 4.78 is 0. The largest absolute Gasteiger partial charge is 0.336 e. The molecule has 0 aromatic heterocycles. The lowest BCUT2D eigenvalue weighted by Gasteiger charge is -2.33. The molecule has 150 valence electrons. The normalized spacial score (nSPS) is 25.0. The third-order valence-corrected chi connectivity index (χ3v) is 6.14. The molecule has 2 aliphatic rings. The predicted molar refractivity (Wildman–Crippen MR) is 112 cm³/mol. The quantitative estimate of drug-likeness (QED) is 0.779. The minimum Gasteiger partial charge on any atom is -0.336 e. The number of halogens is 2. The first kappa shape index (κ1) is 22.0. The molecule has 1 saturated heterocycles. The molecule has 1 unspecified atom stereocenters. The molecule has 1 aromatic rings. The summed E-state index contributed by atoms with van der Waals surface area (Å²) in [7, 11) is 0. The zero-order chi connectivity index (χ0) is 18.7. The van der Waals surface area contributed by atoms with Gasteiger partial charge in [0.05, 0.1) is 10.6 Å². The lowest BCUT2D eigenvalue weighted by molar-refractivity contribution is -0.120. The standard InChI is InChI=1S/C20H28ClN3O2.ClH/c1-13-5-2-3-10-24(13)20(26)17-9-8-15(11-18(17)21)23-19(25)16-7-4-6-14(16)12-22;/h8-9,11,13-14,16H,2-7,10,12,22H2,1H3,(H,23,25);1H/t13?,14-,16-;/m1./s1. The van der Waals surface area contributed by atoms with E-state index in [0.29, 0.717) is 22.8 Å². The van der Waals surface area contributed by atoms with Crippen molar-refractivity contribution in [3.05, 3.63) is 28.8 Å². The molecule has 1 aromatic carbocycles. The Morgan fingerprint density at radius 2 is 2.00 bits per heavy atom. The predicted octanol–water partition coefficient (Wildman–Crippen LogP) is 4.09. The van der Waals surface area contributed by atoms with Crippen molar-refractivity contribution in [2.24, 2.45) is 17.6 Å². The third kappa shape index (κ3) is 4.95. The van der Waals surface area contributed by atoms with Crippen molar-refractivity contribution in [3.8, 4) is 0 Å². The van der Waals surface area contributed by atoms with Gasteiger partial charge in [-0.05, 0) is 69.7 Å². The second-order valence-electron chi connectivity index (χ2n) is 7.56. The number of carbonyl (C=O) groups excluding carboxylic acids is 2. The van der Waals surface area contributed by atoms with E-state index in [2.05, 4.69) is 12.2 Å². The van der Waals surface area contributed by atoms with Crippen LogP contribution in [-0.2, 0) is 4.79 Å². The maximum atomic E-state index is 12.8. The summed E-state index contributed by atoms with van der Waals surface area (Å²) in [4.78, 5) is 27.2. The van der Waals surface area contributed by atoms with Gasteiger partial charge in [0.2, 0.25) is 5.91 Å². The van der Waals surface area contributed by atoms with Crippen molar-refractivity contribution < 1.29 is 9.59 Å². The number of nitrogens with one attached hydrogen (secondary N) is 1. The van der Waals surface area contributed by atoms with Gasteiger partial charge in [-0.15, -0.1) is 12.4 Å². The highest BCUT2D eigenvalue weighted by Crippen LogP contribution is 2.32. The molecular formula is C20H29Cl2N3O2. The number of hydrogen-bond acceptors (Lipinski definition) is 3. The maximum absolute atomic E-state index is 12.8. The Hall–Kier alpha value is -1.30. The molecule has 3 rings (SSSR count). The minimum atomic E-state index is -0.0331. The number of hydrogen-bond donors (Lipinski definition) is 2. The highest BCUT2D eigenvalue weighted by Gasteiger charge is 2.32. The minimum absolute atomic E-state index is 0. The van der Waals surface area contributed by atoms with Crippen molar-refractivity contribution >= 4 is 41.5 Å². The Morgan fingerprint density at radius 3 is 2.67 bits per heavy atom. The van der Waals surface area contributed by atoms with Gasteiger partial charge < -0.3 is 16.0 Å². The van der Waals surface area contributed by atoms with Crippen LogP contribution in [0.4, 0.5) is 5.69 Å². The van der Waals surface area contributed by atoms with Crippen LogP contribution >= 0.6 is 24.0 Å². The summed E-state index contributed by atoms with van der Waals surface area (Å²) in [6.07, 6.45) is 6.16. The number of amides is 2. The van der Waals surface area contributed by atoms with E-state index in [4.69, 9.17) is 17.3 Å². The molecule has 2 fully saturated rings. The number of likely N-dealkylation sites (tertiary alicyclic amines) is 1. The maximum Gasteiger partial charge on any atom is 0.255 e. The molecular weight excluding hydrogens is 385 g/mol. The Bertz CT molecular complexity index is 683. The van der Waals surface area contributed by atoms with Crippen LogP contribution in [0.1, 0.15) is 55.8 Å². The zero-order valence-electron chi connectivity index (χ0n) is 15.7. The van der Waals surface area contributed by atoms with Gasteiger partial charge in [-0.2, -0.15) is 0 Å². The number of carbonyl (C=O) groups is 2. The fraction of sp³-hybridized carbons (Fsp3) is 0.600. The van der Waals surface area contributed by atoms with Crippen LogP contribution in [0.3, 0.4) is 0 Å². The molecule has 1 aliphatic carbocycles. The van der Waals surface area contributed by atoms with E-state index in [1.807, 2.05) is 4.90 Å². The molecule has 7 heteroatoms. The van der Waals surface area contributed by atoms with Gasteiger partial charge in [0, 0.05) is 24.2 Å². The monoisotopic (exact) mass is 413 g/mol. The van der Waals surface area contributed by atoms with Crippen LogP contribution in [0.2, 0.25) is 5.02 Å². The lowest BCUT2D eigenvalue weighted by Crippen LogP contribution is -2.42. The topological polar surface area (TPSA) is 75.4 Å². The molecule has 5 nitrogen and oxygen atoms in total. The van der Waals surface area contributed by atoms with E-state index >= 15 is 0 Å². The highest BCUT2D eigenvalue weighted by atomic mass is 35.5. The van der Waals surface area contributed by atoms with Crippen molar-refractivity contribution in [1.82, 2.24) is 4.90 Å². The zero-order valence-corrected chi connectivity index (χ0v) is 17.3. The van der Waals surface area contributed by atoms with Crippen LogP contribution in [0.5, 0.6) is 0 Å². The number of piperidine rings is 1. The van der Waals surface area contributed by atoms with Gasteiger partial charge in [0.25, 0.3) is 5.91 Å². The summed E-state index contributed by atoms with van der Waals surface area (Å²) in [6.45, 7) is 3.40.